The molecule has 2 nitrogen and oxygen atoms in total. The first kappa shape index (κ1) is 10.1. The van der Waals surface area contributed by atoms with Gasteiger partial charge in [-0.25, -0.2) is 0 Å². The summed E-state index contributed by atoms with van der Waals surface area (Å²) in [4.78, 5) is 0. The lowest BCUT2D eigenvalue weighted by molar-refractivity contribution is -0.467. The molecule has 0 amide bonds. The summed E-state index contributed by atoms with van der Waals surface area (Å²) in [5.74, 6) is 0. The van der Waals surface area contributed by atoms with Crippen molar-refractivity contribution in [3.8, 4) is 0 Å². The van der Waals surface area contributed by atoms with Gasteiger partial charge < -0.3 is 5.43 Å². The molecule has 0 radical (unpaired) electrons. The van der Waals surface area contributed by atoms with Crippen molar-refractivity contribution in [1.82, 2.24) is 0 Å². The first-order chi connectivity index (χ1) is 8.42. The van der Waals surface area contributed by atoms with Crippen molar-refractivity contribution in [2.24, 2.45) is 0 Å². The van der Waals surface area contributed by atoms with Gasteiger partial charge in [0.25, 0.3) is 0 Å². The van der Waals surface area contributed by atoms with Crippen LogP contribution in [0, 0.1) is 0 Å². The molecule has 0 aliphatic carbocycles. The van der Waals surface area contributed by atoms with Gasteiger partial charge in [-0.3, -0.25) is 4.68 Å². The monoisotopic (exact) mass is 222 g/mol. The van der Waals surface area contributed by atoms with Crippen LogP contribution in [0.5, 0.6) is 0 Å². The van der Waals surface area contributed by atoms with Crippen molar-refractivity contribution in [3.63, 3.8) is 0 Å². The summed E-state index contributed by atoms with van der Waals surface area (Å²) in [5, 5.41) is 0. The minimum absolute atomic E-state index is 0.950. The second kappa shape index (κ2) is 4.42. The van der Waals surface area contributed by atoms with E-state index in [9.17, 15) is 0 Å². The van der Waals surface area contributed by atoms with Crippen molar-refractivity contribution < 1.29 is 4.68 Å². The first-order valence-electron chi connectivity index (χ1n) is 5.88. The Balaban J connectivity index is 1.85. The van der Waals surface area contributed by atoms with Gasteiger partial charge in [0, 0.05) is 12.0 Å². The van der Waals surface area contributed by atoms with Crippen LogP contribution in [-0.2, 0) is 6.42 Å². The molecule has 17 heavy (non-hydrogen) atoms. The van der Waals surface area contributed by atoms with Gasteiger partial charge >= 0.3 is 0 Å². The molecule has 1 heterocycles. The maximum atomic E-state index is 4.59. The normalized spacial score (nSPS) is 13.8. The van der Waals surface area contributed by atoms with Crippen molar-refractivity contribution in [3.05, 3.63) is 71.1 Å². The van der Waals surface area contributed by atoms with Crippen LogP contribution in [0.3, 0.4) is 0 Å². The van der Waals surface area contributed by atoms with Gasteiger partial charge in [0.2, 0.25) is 0 Å². The SMILES string of the molecule is C1=[N+]([N-]c2ccccc2)CCc2ccccc21. The molecule has 2 heteroatoms. The Kier molecular flexibility index (Phi) is 2.62. The Hall–Kier alpha value is -2.09. The first-order valence-corrected chi connectivity index (χ1v) is 5.88. The lowest BCUT2D eigenvalue weighted by atomic mass is 10.0. The summed E-state index contributed by atoms with van der Waals surface area (Å²) < 4.78 is 2.03. The number of benzene rings is 2. The van der Waals surface area contributed by atoms with Gasteiger partial charge in [0.05, 0.1) is 0 Å². The number of nitrogens with zero attached hydrogens (tertiary/aromatic N) is 2. The number of rotatable bonds is 2. The molecule has 0 saturated heterocycles. The molecule has 0 spiro atoms. The smallest absolute Gasteiger partial charge is 0.166 e. The fourth-order valence-corrected chi connectivity index (χ4v) is 2.07. The summed E-state index contributed by atoms with van der Waals surface area (Å²) in [6.45, 7) is 0.950. The van der Waals surface area contributed by atoms with Crippen molar-refractivity contribution in [1.29, 1.82) is 0 Å². The van der Waals surface area contributed by atoms with E-state index in [0.717, 1.165) is 18.7 Å². The van der Waals surface area contributed by atoms with E-state index >= 15 is 0 Å². The number of fused-ring (bicyclic) bond motifs is 1. The van der Waals surface area contributed by atoms with E-state index in [4.69, 9.17) is 0 Å². The van der Waals surface area contributed by atoms with Crippen molar-refractivity contribution >= 4 is 11.9 Å². The van der Waals surface area contributed by atoms with Crippen LogP contribution < -0.4 is 0 Å². The van der Waals surface area contributed by atoms with Crippen LogP contribution in [0.2, 0.25) is 0 Å². The molecule has 3 rings (SSSR count). The highest BCUT2D eigenvalue weighted by molar-refractivity contribution is 5.79. The summed E-state index contributed by atoms with van der Waals surface area (Å²) in [5.41, 5.74) is 8.28. The molecule has 0 fully saturated rings. The van der Waals surface area contributed by atoms with Crippen LogP contribution >= 0.6 is 0 Å². The third-order valence-corrected chi connectivity index (χ3v) is 2.95. The second-order valence-electron chi connectivity index (χ2n) is 4.18. The Bertz CT molecular complexity index is 544. The van der Waals surface area contributed by atoms with Crippen LogP contribution in [0.25, 0.3) is 5.43 Å². The summed E-state index contributed by atoms with van der Waals surface area (Å²) >= 11 is 0. The largest absolute Gasteiger partial charge is 0.411 e. The van der Waals surface area contributed by atoms with E-state index in [2.05, 4.69) is 35.9 Å². The molecule has 0 unspecified atom stereocenters. The molecule has 0 atom stereocenters. The molecule has 0 bridgehead atoms. The Morgan fingerprint density at radius 3 is 2.53 bits per heavy atom. The highest BCUT2D eigenvalue weighted by atomic mass is 15.4. The Morgan fingerprint density at radius 2 is 1.65 bits per heavy atom. The highest BCUT2D eigenvalue weighted by Gasteiger charge is 2.10. The van der Waals surface area contributed by atoms with Crippen molar-refractivity contribution in [2.45, 2.75) is 6.42 Å². The van der Waals surface area contributed by atoms with Gasteiger partial charge in [-0.2, -0.15) is 0 Å². The minimum atomic E-state index is 0.950. The molecular formula is C15H14N2. The molecule has 84 valence electrons. The average Bonchev–Trinajstić information content (AvgIpc) is 2.40. The third-order valence-electron chi connectivity index (χ3n) is 2.95. The summed E-state index contributed by atoms with van der Waals surface area (Å²) in [6.07, 6.45) is 3.18. The van der Waals surface area contributed by atoms with Crippen molar-refractivity contribution in [2.75, 3.05) is 6.54 Å². The van der Waals surface area contributed by atoms with E-state index in [0.29, 0.717) is 0 Å². The zero-order valence-electron chi connectivity index (χ0n) is 9.58. The molecule has 0 saturated carbocycles. The predicted molar refractivity (Wildman–Crippen MR) is 69.9 cm³/mol. The highest BCUT2D eigenvalue weighted by Crippen LogP contribution is 2.20. The van der Waals surface area contributed by atoms with E-state index in [1.54, 1.807) is 0 Å². The minimum Gasteiger partial charge on any atom is -0.411 e. The molecule has 1 aliphatic rings. The lowest BCUT2D eigenvalue weighted by Gasteiger charge is -2.21. The molecule has 0 N–H and O–H groups in total. The van der Waals surface area contributed by atoms with Crippen LogP contribution in [0.1, 0.15) is 11.1 Å². The zero-order valence-corrected chi connectivity index (χ0v) is 9.58. The average molecular weight is 222 g/mol. The maximum absolute atomic E-state index is 4.59. The van der Waals surface area contributed by atoms with Gasteiger partial charge in [-0.1, -0.05) is 54.2 Å². The zero-order chi connectivity index (χ0) is 11.5. The standard InChI is InChI=1S/C15H14N2/c1-2-8-15(9-3-1)16-17-11-10-13-6-4-5-7-14(13)12-17/h1-9,12H,10-11H2. The fraction of sp³-hybridized carbons (Fsp3) is 0.133. The van der Waals surface area contributed by atoms with Gasteiger partial charge in [-0.05, 0) is 11.6 Å². The van der Waals surface area contributed by atoms with Crippen LogP contribution in [-0.4, -0.2) is 17.4 Å². The molecule has 0 aromatic heterocycles. The lowest BCUT2D eigenvalue weighted by Crippen LogP contribution is -2.18. The number of hydrogen-bond donors (Lipinski definition) is 0. The molecule has 1 aliphatic heterocycles. The topological polar surface area (TPSA) is 17.1 Å². The maximum Gasteiger partial charge on any atom is 0.166 e. The predicted octanol–water partition coefficient (Wildman–Crippen LogP) is 3.29. The van der Waals surface area contributed by atoms with E-state index in [-0.39, 0.29) is 0 Å². The van der Waals surface area contributed by atoms with Gasteiger partial charge in [0.15, 0.2) is 6.21 Å². The molecular weight excluding hydrogens is 208 g/mol. The molecule has 2 aromatic rings. The van der Waals surface area contributed by atoms with Crippen LogP contribution in [0.15, 0.2) is 54.6 Å². The van der Waals surface area contributed by atoms with E-state index in [1.165, 1.54) is 11.1 Å². The third kappa shape index (κ3) is 2.21. The van der Waals surface area contributed by atoms with Crippen LogP contribution in [0.4, 0.5) is 5.69 Å². The molecule has 2 aromatic carbocycles. The summed E-state index contributed by atoms with van der Waals surface area (Å²) in [7, 11) is 0. The van der Waals surface area contributed by atoms with Gasteiger partial charge in [-0.15, -0.1) is 0 Å². The fourth-order valence-electron chi connectivity index (χ4n) is 2.07. The van der Waals surface area contributed by atoms with Gasteiger partial charge in [0.1, 0.15) is 6.54 Å². The quantitative estimate of drug-likeness (QED) is 0.694. The van der Waals surface area contributed by atoms with E-state index < -0.39 is 0 Å². The Morgan fingerprint density at radius 1 is 0.882 bits per heavy atom. The van der Waals surface area contributed by atoms with E-state index in [1.807, 2.05) is 35.0 Å². The second-order valence-corrected chi connectivity index (χ2v) is 4.18. The Labute approximate surface area is 101 Å². The number of hydrogen-bond acceptors (Lipinski definition) is 0. The summed E-state index contributed by atoms with van der Waals surface area (Å²) in [6, 6.07) is 18.6.